The molecule has 0 bridgehead atoms. The van der Waals surface area contributed by atoms with Gasteiger partial charge in [0, 0.05) is 5.69 Å². The van der Waals surface area contributed by atoms with Gasteiger partial charge in [0.15, 0.2) is 0 Å². The van der Waals surface area contributed by atoms with Gasteiger partial charge in [-0.1, -0.05) is 36.4 Å². The largest absolute Gasteiger partial charge is 0.342 e. The summed E-state index contributed by atoms with van der Waals surface area (Å²) >= 11 is 1.34. The van der Waals surface area contributed by atoms with E-state index in [1.165, 1.54) is 11.3 Å². The van der Waals surface area contributed by atoms with Crippen LogP contribution in [0.2, 0.25) is 0 Å². The SMILES string of the molecule is O=C(CNC(=O)c1cccs1)Nc1ccc2ccccc2c1. The van der Waals surface area contributed by atoms with E-state index in [2.05, 4.69) is 10.6 Å². The van der Waals surface area contributed by atoms with Gasteiger partial charge in [-0.15, -0.1) is 11.3 Å². The molecule has 0 aliphatic carbocycles. The average molecular weight is 310 g/mol. The fraction of sp³-hybridized carbons (Fsp3) is 0.0588. The highest BCUT2D eigenvalue weighted by atomic mass is 32.1. The third-order valence-electron chi connectivity index (χ3n) is 3.19. The fourth-order valence-electron chi connectivity index (χ4n) is 2.13. The van der Waals surface area contributed by atoms with Crippen LogP contribution in [-0.2, 0) is 4.79 Å². The van der Waals surface area contributed by atoms with E-state index in [0.29, 0.717) is 10.6 Å². The van der Waals surface area contributed by atoms with E-state index in [-0.39, 0.29) is 18.4 Å². The molecule has 0 saturated carbocycles. The molecule has 0 unspecified atom stereocenters. The lowest BCUT2D eigenvalue weighted by atomic mass is 10.1. The van der Waals surface area contributed by atoms with Gasteiger partial charge >= 0.3 is 0 Å². The van der Waals surface area contributed by atoms with Crippen LogP contribution in [0.15, 0.2) is 60.0 Å². The Labute approximate surface area is 131 Å². The summed E-state index contributed by atoms with van der Waals surface area (Å²) in [6.45, 7) is -0.0520. The summed E-state index contributed by atoms with van der Waals surface area (Å²) in [6, 6.07) is 17.2. The first-order valence-corrected chi connectivity index (χ1v) is 7.71. The molecule has 2 aromatic carbocycles. The predicted octanol–water partition coefficient (Wildman–Crippen LogP) is 3.27. The number of anilines is 1. The molecule has 3 aromatic rings. The molecule has 0 fully saturated rings. The van der Waals surface area contributed by atoms with Crippen molar-refractivity contribution in [3.63, 3.8) is 0 Å². The topological polar surface area (TPSA) is 58.2 Å². The van der Waals surface area contributed by atoms with Crippen molar-refractivity contribution in [3.8, 4) is 0 Å². The number of amides is 2. The lowest BCUT2D eigenvalue weighted by Gasteiger charge is -2.07. The van der Waals surface area contributed by atoms with Crippen LogP contribution >= 0.6 is 11.3 Å². The van der Waals surface area contributed by atoms with Crippen molar-refractivity contribution in [1.29, 1.82) is 0 Å². The molecule has 2 N–H and O–H groups in total. The first kappa shape index (κ1) is 14.3. The second-order valence-corrected chi connectivity index (χ2v) is 5.72. The van der Waals surface area contributed by atoms with Gasteiger partial charge in [-0.05, 0) is 34.4 Å². The molecule has 5 heteroatoms. The Balaban J connectivity index is 1.59. The quantitative estimate of drug-likeness (QED) is 0.777. The Bertz CT molecular complexity index is 812. The van der Waals surface area contributed by atoms with E-state index in [1.807, 2.05) is 47.8 Å². The van der Waals surface area contributed by atoms with Crippen molar-refractivity contribution in [2.24, 2.45) is 0 Å². The highest BCUT2D eigenvalue weighted by molar-refractivity contribution is 7.12. The van der Waals surface area contributed by atoms with Crippen LogP contribution in [0.3, 0.4) is 0 Å². The number of fused-ring (bicyclic) bond motifs is 1. The molecule has 1 heterocycles. The Hall–Kier alpha value is -2.66. The molecule has 0 spiro atoms. The van der Waals surface area contributed by atoms with Crippen molar-refractivity contribution in [2.75, 3.05) is 11.9 Å². The van der Waals surface area contributed by atoms with Gasteiger partial charge in [-0.2, -0.15) is 0 Å². The minimum absolute atomic E-state index is 0.0520. The van der Waals surface area contributed by atoms with Crippen molar-refractivity contribution in [2.45, 2.75) is 0 Å². The number of rotatable bonds is 4. The smallest absolute Gasteiger partial charge is 0.261 e. The molecular formula is C17H14N2O2S. The minimum Gasteiger partial charge on any atom is -0.342 e. The van der Waals surface area contributed by atoms with Gasteiger partial charge in [0.05, 0.1) is 11.4 Å². The maximum Gasteiger partial charge on any atom is 0.261 e. The number of benzene rings is 2. The zero-order valence-electron chi connectivity index (χ0n) is 11.7. The molecule has 1 aromatic heterocycles. The summed E-state index contributed by atoms with van der Waals surface area (Å²) in [5.41, 5.74) is 0.717. The second kappa shape index (κ2) is 6.41. The van der Waals surface area contributed by atoms with E-state index in [9.17, 15) is 9.59 Å². The van der Waals surface area contributed by atoms with Crippen LogP contribution in [0.25, 0.3) is 10.8 Å². The average Bonchev–Trinajstić information content (AvgIpc) is 3.07. The van der Waals surface area contributed by atoms with Crippen LogP contribution in [-0.4, -0.2) is 18.4 Å². The van der Waals surface area contributed by atoms with Gasteiger partial charge < -0.3 is 10.6 Å². The van der Waals surface area contributed by atoms with E-state index < -0.39 is 0 Å². The molecule has 3 rings (SSSR count). The number of hydrogen-bond acceptors (Lipinski definition) is 3. The normalized spacial score (nSPS) is 10.4. The van der Waals surface area contributed by atoms with Crippen molar-refractivity contribution in [1.82, 2.24) is 5.32 Å². The number of carbonyl (C=O) groups excluding carboxylic acids is 2. The molecule has 110 valence electrons. The van der Waals surface area contributed by atoms with Gasteiger partial charge in [0.1, 0.15) is 0 Å². The van der Waals surface area contributed by atoms with Crippen LogP contribution in [0.1, 0.15) is 9.67 Å². The van der Waals surface area contributed by atoms with E-state index in [1.54, 1.807) is 12.1 Å². The summed E-state index contributed by atoms with van der Waals surface area (Å²) in [6.07, 6.45) is 0. The summed E-state index contributed by atoms with van der Waals surface area (Å²) in [7, 11) is 0. The molecule has 4 nitrogen and oxygen atoms in total. The van der Waals surface area contributed by atoms with Gasteiger partial charge in [-0.3, -0.25) is 9.59 Å². The van der Waals surface area contributed by atoms with E-state index >= 15 is 0 Å². The molecule has 0 aliphatic rings. The molecule has 0 aliphatic heterocycles. The molecule has 2 amide bonds. The molecule has 0 atom stereocenters. The lowest BCUT2D eigenvalue weighted by molar-refractivity contribution is -0.115. The number of carbonyl (C=O) groups is 2. The van der Waals surface area contributed by atoms with Gasteiger partial charge in [-0.25, -0.2) is 0 Å². The van der Waals surface area contributed by atoms with Crippen LogP contribution in [0.5, 0.6) is 0 Å². The molecule has 22 heavy (non-hydrogen) atoms. The van der Waals surface area contributed by atoms with E-state index in [0.717, 1.165) is 10.8 Å². The third kappa shape index (κ3) is 3.32. The number of thiophene rings is 1. The maximum atomic E-state index is 11.9. The molecular weight excluding hydrogens is 296 g/mol. The highest BCUT2D eigenvalue weighted by Gasteiger charge is 2.09. The number of hydrogen-bond donors (Lipinski definition) is 2. The Kier molecular flexibility index (Phi) is 4.16. The van der Waals surface area contributed by atoms with Gasteiger partial charge in [0.25, 0.3) is 5.91 Å². The van der Waals surface area contributed by atoms with Crippen molar-refractivity contribution < 1.29 is 9.59 Å². The molecule has 0 radical (unpaired) electrons. The monoisotopic (exact) mass is 310 g/mol. The fourth-order valence-corrected chi connectivity index (χ4v) is 2.77. The zero-order chi connectivity index (χ0) is 15.4. The zero-order valence-corrected chi connectivity index (χ0v) is 12.5. The summed E-state index contributed by atoms with van der Waals surface area (Å²) in [4.78, 5) is 24.3. The Morgan fingerprint density at radius 3 is 2.55 bits per heavy atom. The Morgan fingerprint density at radius 1 is 0.955 bits per heavy atom. The highest BCUT2D eigenvalue weighted by Crippen LogP contribution is 2.18. The summed E-state index contributed by atoms with van der Waals surface area (Å²) in [5.74, 6) is -0.483. The van der Waals surface area contributed by atoms with Crippen molar-refractivity contribution in [3.05, 3.63) is 64.9 Å². The summed E-state index contributed by atoms with van der Waals surface area (Å²) < 4.78 is 0. The van der Waals surface area contributed by atoms with Crippen LogP contribution < -0.4 is 10.6 Å². The minimum atomic E-state index is -0.250. The third-order valence-corrected chi connectivity index (χ3v) is 4.06. The first-order valence-electron chi connectivity index (χ1n) is 6.83. The maximum absolute atomic E-state index is 11.9. The van der Waals surface area contributed by atoms with Crippen LogP contribution in [0, 0.1) is 0 Å². The second-order valence-electron chi connectivity index (χ2n) is 4.77. The Morgan fingerprint density at radius 2 is 1.77 bits per heavy atom. The predicted molar refractivity (Wildman–Crippen MR) is 89.2 cm³/mol. The summed E-state index contributed by atoms with van der Waals surface area (Å²) in [5, 5.41) is 9.39. The van der Waals surface area contributed by atoms with Crippen LogP contribution in [0.4, 0.5) is 5.69 Å². The number of nitrogens with one attached hydrogen (secondary N) is 2. The standard InChI is InChI=1S/C17H14N2O2S/c20-16(11-18-17(21)15-6-3-9-22-15)19-14-8-7-12-4-1-2-5-13(12)10-14/h1-10H,11H2,(H,18,21)(H,19,20). The van der Waals surface area contributed by atoms with Crippen molar-refractivity contribution >= 4 is 39.6 Å². The first-order chi connectivity index (χ1) is 10.7. The van der Waals surface area contributed by atoms with E-state index in [4.69, 9.17) is 0 Å². The van der Waals surface area contributed by atoms with Gasteiger partial charge in [0.2, 0.25) is 5.91 Å². The lowest BCUT2D eigenvalue weighted by Crippen LogP contribution is -2.32. The molecule has 0 saturated heterocycles.